The van der Waals surface area contributed by atoms with Gasteiger partial charge in [-0.2, -0.15) is 10.2 Å². The van der Waals surface area contributed by atoms with E-state index in [1.54, 1.807) is 6.20 Å². The first-order valence-corrected chi connectivity index (χ1v) is 6.51. The lowest BCUT2D eigenvalue weighted by atomic mass is 10.0. The van der Waals surface area contributed by atoms with Gasteiger partial charge in [-0.05, 0) is 26.3 Å². The lowest BCUT2D eigenvalue weighted by Gasteiger charge is -2.19. The Hall–Kier alpha value is -1.79. The molecule has 1 unspecified atom stereocenters. The standard InChI is InChI=1S/C13H20N6/c1-4-11-10(8-9(3)17-18-11)12(16-14)13-15-6-7-19(13)5-2/h6-8,12,16H,4-5,14H2,1-3H3. The molecule has 3 N–H and O–H groups in total. The van der Waals surface area contributed by atoms with Crippen LogP contribution in [0.4, 0.5) is 0 Å². The van der Waals surface area contributed by atoms with E-state index in [0.717, 1.165) is 35.7 Å². The molecule has 0 fully saturated rings. The Labute approximate surface area is 113 Å². The summed E-state index contributed by atoms with van der Waals surface area (Å²) in [6.45, 7) is 6.92. The van der Waals surface area contributed by atoms with Crippen molar-refractivity contribution in [2.24, 2.45) is 5.84 Å². The van der Waals surface area contributed by atoms with Crippen LogP contribution in [0.15, 0.2) is 18.5 Å². The first-order chi connectivity index (χ1) is 9.21. The van der Waals surface area contributed by atoms with Crippen molar-refractivity contribution in [3.05, 3.63) is 41.2 Å². The Balaban J connectivity index is 2.50. The van der Waals surface area contributed by atoms with Crippen molar-refractivity contribution in [2.75, 3.05) is 0 Å². The van der Waals surface area contributed by atoms with Gasteiger partial charge in [-0.15, -0.1) is 0 Å². The maximum Gasteiger partial charge on any atom is 0.131 e. The normalized spacial score (nSPS) is 12.6. The van der Waals surface area contributed by atoms with E-state index in [2.05, 4.69) is 39.0 Å². The molecule has 19 heavy (non-hydrogen) atoms. The minimum Gasteiger partial charge on any atom is -0.334 e. The molecule has 2 aromatic rings. The van der Waals surface area contributed by atoms with E-state index in [9.17, 15) is 0 Å². The van der Waals surface area contributed by atoms with E-state index in [1.165, 1.54) is 0 Å². The molecule has 0 aliphatic heterocycles. The van der Waals surface area contributed by atoms with Crippen molar-refractivity contribution in [3.63, 3.8) is 0 Å². The van der Waals surface area contributed by atoms with Gasteiger partial charge < -0.3 is 4.57 Å². The molecular formula is C13H20N6. The zero-order valence-corrected chi connectivity index (χ0v) is 11.6. The third kappa shape index (κ3) is 2.64. The molecule has 0 spiro atoms. The van der Waals surface area contributed by atoms with Gasteiger partial charge in [0.25, 0.3) is 0 Å². The molecule has 0 radical (unpaired) electrons. The summed E-state index contributed by atoms with van der Waals surface area (Å²) in [5.41, 5.74) is 5.71. The number of aryl methyl sites for hydroxylation is 3. The largest absolute Gasteiger partial charge is 0.334 e. The number of rotatable bonds is 5. The van der Waals surface area contributed by atoms with Gasteiger partial charge in [0, 0.05) is 24.5 Å². The molecule has 102 valence electrons. The number of imidazole rings is 1. The van der Waals surface area contributed by atoms with Crippen molar-refractivity contribution in [2.45, 2.75) is 39.8 Å². The maximum absolute atomic E-state index is 5.74. The topological polar surface area (TPSA) is 81.7 Å². The van der Waals surface area contributed by atoms with Crippen LogP contribution in [0.2, 0.25) is 0 Å². The fourth-order valence-electron chi connectivity index (χ4n) is 2.21. The van der Waals surface area contributed by atoms with E-state index in [0.29, 0.717) is 0 Å². The first-order valence-electron chi connectivity index (χ1n) is 6.51. The van der Waals surface area contributed by atoms with Gasteiger partial charge in [0.2, 0.25) is 0 Å². The molecule has 2 rings (SSSR count). The predicted octanol–water partition coefficient (Wildman–Crippen LogP) is 1.12. The summed E-state index contributed by atoms with van der Waals surface area (Å²) in [5, 5.41) is 8.35. The van der Waals surface area contributed by atoms with Crippen LogP contribution >= 0.6 is 0 Å². The number of hydrazine groups is 1. The third-order valence-electron chi connectivity index (χ3n) is 3.19. The number of nitrogens with one attached hydrogen (secondary N) is 1. The Morgan fingerprint density at radius 2 is 2.16 bits per heavy atom. The van der Waals surface area contributed by atoms with Gasteiger partial charge in [-0.3, -0.25) is 5.84 Å². The highest BCUT2D eigenvalue weighted by atomic mass is 15.3. The number of aromatic nitrogens is 4. The minimum atomic E-state index is -0.168. The van der Waals surface area contributed by atoms with Crippen molar-refractivity contribution < 1.29 is 0 Å². The molecule has 6 nitrogen and oxygen atoms in total. The third-order valence-corrected chi connectivity index (χ3v) is 3.19. The molecule has 0 saturated heterocycles. The Kier molecular flexibility index (Phi) is 4.24. The minimum absolute atomic E-state index is 0.168. The Morgan fingerprint density at radius 3 is 2.79 bits per heavy atom. The molecule has 0 aliphatic rings. The number of hydrogen-bond acceptors (Lipinski definition) is 5. The molecule has 1 atom stereocenters. The summed E-state index contributed by atoms with van der Waals surface area (Å²) in [7, 11) is 0. The van der Waals surface area contributed by atoms with Crippen LogP contribution in [0, 0.1) is 6.92 Å². The van der Waals surface area contributed by atoms with Crippen LogP contribution in [-0.4, -0.2) is 19.7 Å². The summed E-state index contributed by atoms with van der Waals surface area (Å²) in [6, 6.07) is 1.85. The van der Waals surface area contributed by atoms with Gasteiger partial charge >= 0.3 is 0 Å². The van der Waals surface area contributed by atoms with Crippen molar-refractivity contribution in [3.8, 4) is 0 Å². The summed E-state index contributed by atoms with van der Waals surface area (Å²) < 4.78 is 2.07. The average molecular weight is 260 g/mol. The van der Waals surface area contributed by atoms with E-state index in [1.807, 2.05) is 19.2 Å². The zero-order chi connectivity index (χ0) is 13.8. The van der Waals surface area contributed by atoms with Gasteiger partial charge in [0.15, 0.2) is 0 Å². The molecule has 0 saturated carbocycles. The van der Waals surface area contributed by atoms with Crippen molar-refractivity contribution >= 4 is 0 Å². The fraction of sp³-hybridized carbons (Fsp3) is 0.462. The zero-order valence-electron chi connectivity index (χ0n) is 11.6. The summed E-state index contributed by atoms with van der Waals surface area (Å²) >= 11 is 0. The lowest BCUT2D eigenvalue weighted by molar-refractivity contribution is 0.552. The van der Waals surface area contributed by atoms with E-state index in [-0.39, 0.29) is 6.04 Å². The SMILES string of the molecule is CCc1nnc(C)cc1C(NN)c1nccn1CC. The molecule has 6 heteroatoms. The van der Waals surface area contributed by atoms with Crippen LogP contribution in [0.1, 0.15) is 42.7 Å². The highest BCUT2D eigenvalue weighted by Crippen LogP contribution is 2.23. The van der Waals surface area contributed by atoms with Crippen LogP contribution < -0.4 is 11.3 Å². The highest BCUT2D eigenvalue weighted by molar-refractivity contribution is 5.29. The monoisotopic (exact) mass is 260 g/mol. The molecule has 0 amide bonds. The summed E-state index contributed by atoms with van der Waals surface area (Å²) in [6.07, 6.45) is 4.55. The lowest BCUT2D eigenvalue weighted by Crippen LogP contribution is -2.32. The highest BCUT2D eigenvalue weighted by Gasteiger charge is 2.21. The molecule has 2 heterocycles. The second-order valence-electron chi connectivity index (χ2n) is 4.41. The van der Waals surface area contributed by atoms with Gasteiger partial charge in [-0.25, -0.2) is 10.4 Å². The summed E-state index contributed by atoms with van der Waals surface area (Å²) in [5.74, 6) is 6.64. The predicted molar refractivity (Wildman–Crippen MR) is 73.2 cm³/mol. The van der Waals surface area contributed by atoms with Gasteiger partial charge in [0.05, 0.1) is 11.4 Å². The molecule has 0 aromatic carbocycles. The number of hydrogen-bond donors (Lipinski definition) is 2. The van der Waals surface area contributed by atoms with E-state index < -0.39 is 0 Å². The second kappa shape index (κ2) is 5.90. The maximum atomic E-state index is 5.74. The van der Waals surface area contributed by atoms with E-state index in [4.69, 9.17) is 5.84 Å². The average Bonchev–Trinajstić information content (AvgIpc) is 2.88. The summed E-state index contributed by atoms with van der Waals surface area (Å²) in [4.78, 5) is 4.41. The molecule has 2 aromatic heterocycles. The van der Waals surface area contributed by atoms with Crippen molar-refractivity contribution in [1.29, 1.82) is 0 Å². The van der Waals surface area contributed by atoms with Crippen LogP contribution in [0.25, 0.3) is 0 Å². The fourth-order valence-corrected chi connectivity index (χ4v) is 2.21. The Bertz CT molecular complexity index is 548. The Morgan fingerprint density at radius 1 is 1.37 bits per heavy atom. The van der Waals surface area contributed by atoms with Crippen LogP contribution in [-0.2, 0) is 13.0 Å². The van der Waals surface area contributed by atoms with Crippen LogP contribution in [0.3, 0.4) is 0 Å². The molecule has 0 aliphatic carbocycles. The second-order valence-corrected chi connectivity index (χ2v) is 4.41. The quantitative estimate of drug-likeness (QED) is 0.622. The first kappa shape index (κ1) is 13.6. The smallest absolute Gasteiger partial charge is 0.131 e. The number of nitrogens with two attached hydrogens (primary N) is 1. The van der Waals surface area contributed by atoms with Gasteiger partial charge in [0.1, 0.15) is 11.9 Å². The number of nitrogens with zero attached hydrogens (tertiary/aromatic N) is 4. The van der Waals surface area contributed by atoms with Crippen LogP contribution in [0.5, 0.6) is 0 Å². The molecule has 0 bridgehead atoms. The molecular weight excluding hydrogens is 240 g/mol. The van der Waals surface area contributed by atoms with Gasteiger partial charge in [-0.1, -0.05) is 6.92 Å². The van der Waals surface area contributed by atoms with Crippen molar-refractivity contribution in [1.82, 2.24) is 25.2 Å². The van der Waals surface area contributed by atoms with E-state index >= 15 is 0 Å².